The molecule has 0 amide bonds. The van der Waals surface area contributed by atoms with Gasteiger partial charge >= 0.3 is 0 Å². The lowest BCUT2D eigenvalue weighted by molar-refractivity contribution is 0.211. The molecule has 0 radical (unpaired) electrons. The first-order valence-corrected chi connectivity index (χ1v) is 9.42. The Balaban J connectivity index is 1.63. The van der Waals surface area contributed by atoms with Crippen molar-refractivity contribution in [3.63, 3.8) is 0 Å². The number of fused-ring (bicyclic) bond motifs is 1. The number of aromatic hydroxyl groups is 1. The molecule has 5 heteroatoms. The molecule has 2 aromatic carbocycles. The van der Waals surface area contributed by atoms with Crippen molar-refractivity contribution < 1.29 is 9.84 Å². The maximum atomic E-state index is 10.5. The zero-order valence-electron chi connectivity index (χ0n) is 15.9. The van der Waals surface area contributed by atoms with Gasteiger partial charge in [0, 0.05) is 37.6 Å². The zero-order chi connectivity index (χ0) is 18.8. The van der Waals surface area contributed by atoms with Gasteiger partial charge in [-0.25, -0.2) is 4.98 Å². The van der Waals surface area contributed by atoms with Crippen LogP contribution in [-0.2, 0) is 19.6 Å². The molecule has 4 rings (SSSR count). The lowest BCUT2D eigenvalue weighted by Gasteiger charge is -2.19. The molecule has 0 fully saturated rings. The third-order valence-corrected chi connectivity index (χ3v) is 5.09. The van der Waals surface area contributed by atoms with Crippen LogP contribution in [0, 0.1) is 6.92 Å². The summed E-state index contributed by atoms with van der Waals surface area (Å²) in [6, 6.07) is 12.3. The van der Waals surface area contributed by atoms with E-state index in [1.54, 1.807) is 6.07 Å². The van der Waals surface area contributed by atoms with Gasteiger partial charge < -0.3 is 14.4 Å². The van der Waals surface area contributed by atoms with E-state index in [2.05, 4.69) is 58.6 Å². The van der Waals surface area contributed by atoms with E-state index in [-0.39, 0.29) is 5.75 Å². The number of phenolic OH excluding ortho intramolecular Hbond substituents is 1. The van der Waals surface area contributed by atoms with Crippen LogP contribution in [0.25, 0.3) is 11.1 Å². The van der Waals surface area contributed by atoms with Gasteiger partial charge in [-0.05, 0) is 37.1 Å². The summed E-state index contributed by atoms with van der Waals surface area (Å²) in [6.45, 7) is 7.94. The molecule has 2 heterocycles. The first kappa shape index (κ1) is 17.6. The number of hydrogen-bond donors (Lipinski definition) is 1. The second-order valence-electron chi connectivity index (χ2n) is 7.04. The van der Waals surface area contributed by atoms with Gasteiger partial charge in [-0.1, -0.05) is 29.8 Å². The van der Waals surface area contributed by atoms with Crippen LogP contribution in [0.4, 0.5) is 0 Å². The molecular formula is C22H25N3O2. The van der Waals surface area contributed by atoms with Crippen molar-refractivity contribution in [2.24, 2.45) is 0 Å². The molecule has 3 aromatic rings. The van der Waals surface area contributed by atoms with E-state index in [1.807, 2.05) is 12.4 Å². The van der Waals surface area contributed by atoms with Crippen molar-refractivity contribution in [1.29, 1.82) is 0 Å². The molecular weight excluding hydrogens is 338 g/mol. The minimum Gasteiger partial charge on any atom is -0.504 e. The molecule has 0 saturated heterocycles. The van der Waals surface area contributed by atoms with Crippen LogP contribution in [0.3, 0.4) is 0 Å². The smallest absolute Gasteiger partial charge is 0.165 e. The van der Waals surface area contributed by atoms with Gasteiger partial charge in [-0.3, -0.25) is 4.90 Å². The van der Waals surface area contributed by atoms with Crippen molar-refractivity contribution in [3.05, 3.63) is 65.7 Å². The topological polar surface area (TPSA) is 50.5 Å². The lowest BCUT2D eigenvalue weighted by Crippen LogP contribution is -2.26. The SMILES string of the molecule is CCn1ccnc1CN1CCOc2c(O)cc(-c3ccc(C)cc3)cc2C1. The fourth-order valence-electron chi connectivity index (χ4n) is 3.58. The van der Waals surface area contributed by atoms with Gasteiger partial charge in [0.1, 0.15) is 12.4 Å². The van der Waals surface area contributed by atoms with Crippen LogP contribution in [0.1, 0.15) is 23.9 Å². The molecule has 0 saturated carbocycles. The van der Waals surface area contributed by atoms with Crippen molar-refractivity contribution in [2.75, 3.05) is 13.2 Å². The average Bonchev–Trinajstić information content (AvgIpc) is 3.00. The summed E-state index contributed by atoms with van der Waals surface area (Å²) in [4.78, 5) is 6.81. The summed E-state index contributed by atoms with van der Waals surface area (Å²) in [5.74, 6) is 1.87. The Morgan fingerprint density at radius 3 is 2.74 bits per heavy atom. The van der Waals surface area contributed by atoms with Gasteiger partial charge in [0.05, 0.1) is 6.54 Å². The standard InChI is InChI=1S/C22H25N3O2/c1-3-25-9-8-23-21(25)15-24-10-11-27-22-19(14-24)12-18(13-20(22)26)17-6-4-16(2)5-7-17/h4-9,12-13,26H,3,10-11,14-15H2,1-2H3. The number of phenols is 1. The van der Waals surface area contributed by atoms with Gasteiger partial charge in [0.2, 0.25) is 0 Å². The first-order valence-electron chi connectivity index (χ1n) is 9.42. The predicted octanol–water partition coefficient (Wildman–Crippen LogP) is 3.98. The summed E-state index contributed by atoms with van der Waals surface area (Å²) in [5, 5.41) is 10.5. The van der Waals surface area contributed by atoms with Crippen molar-refractivity contribution in [1.82, 2.24) is 14.5 Å². The summed E-state index contributed by atoms with van der Waals surface area (Å²) in [5.41, 5.74) is 4.33. The Bertz CT molecular complexity index is 931. The molecule has 140 valence electrons. The van der Waals surface area contributed by atoms with E-state index in [9.17, 15) is 5.11 Å². The number of aryl methyl sites for hydroxylation is 2. The molecule has 0 spiro atoms. The molecule has 0 atom stereocenters. The fourth-order valence-corrected chi connectivity index (χ4v) is 3.58. The van der Waals surface area contributed by atoms with Gasteiger partial charge in [0.25, 0.3) is 0 Å². The van der Waals surface area contributed by atoms with E-state index < -0.39 is 0 Å². The Kier molecular flexibility index (Phi) is 4.86. The number of imidazole rings is 1. The third-order valence-electron chi connectivity index (χ3n) is 5.09. The summed E-state index contributed by atoms with van der Waals surface area (Å²) < 4.78 is 8.04. The second-order valence-corrected chi connectivity index (χ2v) is 7.04. The predicted molar refractivity (Wildman–Crippen MR) is 106 cm³/mol. The number of aromatic nitrogens is 2. The number of benzene rings is 2. The number of rotatable bonds is 4. The Hall–Kier alpha value is -2.79. The van der Waals surface area contributed by atoms with Crippen LogP contribution in [0.15, 0.2) is 48.8 Å². The minimum atomic E-state index is 0.208. The van der Waals surface area contributed by atoms with Crippen LogP contribution in [-0.4, -0.2) is 32.7 Å². The number of hydrogen-bond acceptors (Lipinski definition) is 4. The summed E-state index contributed by atoms with van der Waals surface area (Å²) in [6.07, 6.45) is 3.86. The molecule has 27 heavy (non-hydrogen) atoms. The molecule has 1 N–H and O–H groups in total. The highest BCUT2D eigenvalue weighted by Crippen LogP contribution is 2.37. The lowest BCUT2D eigenvalue weighted by atomic mass is 10.0. The maximum absolute atomic E-state index is 10.5. The largest absolute Gasteiger partial charge is 0.504 e. The number of nitrogens with zero attached hydrogens (tertiary/aromatic N) is 3. The van der Waals surface area contributed by atoms with Crippen molar-refractivity contribution in [3.8, 4) is 22.6 Å². The highest BCUT2D eigenvalue weighted by Gasteiger charge is 2.21. The maximum Gasteiger partial charge on any atom is 0.165 e. The van der Waals surface area contributed by atoms with Gasteiger partial charge in [-0.2, -0.15) is 0 Å². The number of ether oxygens (including phenoxy) is 1. The zero-order valence-corrected chi connectivity index (χ0v) is 15.9. The van der Waals surface area contributed by atoms with E-state index in [0.29, 0.717) is 12.4 Å². The third kappa shape index (κ3) is 3.69. The van der Waals surface area contributed by atoms with Crippen molar-refractivity contribution >= 4 is 0 Å². The normalized spacial score (nSPS) is 14.4. The van der Waals surface area contributed by atoms with E-state index >= 15 is 0 Å². The first-order chi connectivity index (χ1) is 13.1. The monoisotopic (exact) mass is 363 g/mol. The average molecular weight is 363 g/mol. The second kappa shape index (κ2) is 7.45. The molecule has 0 aliphatic carbocycles. The molecule has 5 nitrogen and oxygen atoms in total. The summed E-state index contributed by atoms with van der Waals surface area (Å²) in [7, 11) is 0. The van der Waals surface area contributed by atoms with Crippen LogP contribution in [0.5, 0.6) is 11.5 Å². The quantitative estimate of drug-likeness (QED) is 0.762. The van der Waals surface area contributed by atoms with Crippen molar-refractivity contribution in [2.45, 2.75) is 33.5 Å². The highest BCUT2D eigenvalue weighted by molar-refractivity contribution is 5.69. The minimum absolute atomic E-state index is 0.208. The highest BCUT2D eigenvalue weighted by atomic mass is 16.5. The molecule has 1 aromatic heterocycles. The Morgan fingerprint density at radius 1 is 1.15 bits per heavy atom. The Labute approximate surface area is 159 Å². The van der Waals surface area contributed by atoms with E-state index in [1.165, 1.54) is 5.56 Å². The molecule has 1 aliphatic heterocycles. The molecule has 0 unspecified atom stereocenters. The molecule has 0 bridgehead atoms. The van der Waals surface area contributed by atoms with Gasteiger partial charge in [0.15, 0.2) is 11.5 Å². The van der Waals surface area contributed by atoms with Crippen LogP contribution >= 0.6 is 0 Å². The summed E-state index contributed by atoms with van der Waals surface area (Å²) >= 11 is 0. The van der Waals surface area contributed by atoms with Crippen LogP contribution < -0.4 is 4.74 Å². The van der Waals surface area contributed by atoms with Gasteiger partial charge in [-0.15, -0.1) is 0 Å². The Morgan fingerprint density at radius 2 is 1.96 bits per heavy atom. The van der Waals surface area contributed by atoms with Crippen LogP contribution in [0.2, 0.25) is 0 Å². The van der Waals surface area contributed by atoms with E-state index in [4.69, 9.17) is 4.74 Å². The molecule has 1 aliphatic rings. The van der Waals surface area contributed by atoms with E-state index in [0.717, 1.165) is 48.7 Å². The fraction of sp³-hybridized carbons (Fsp3) is 0.318.